The van der Waals surface area contributed by atoms with Crippen LogP contribution in [-0.2, 0) is 14.3 Å². The highest BCUT2D eigenvalue weighted by Gasteiger charge is 2.24. The predicted molar refractivity (Wildman–Crippen MR) is 296 cm³/mol. The molecule has 0 heterocycles. The molecule has 396 valence electrons. The van der Waals surface area contributed by atoms with Crippen LogP contribution < -0.4 is 5.32 Å². The molecule has 0 fully saturated rings. The fourth-order valence-electron chi connectivity index (χ4n) is 8.84. The molecule has 0 radical (unpaired) electrons. The van der Waals surface area contributed by atoms with Crippen LogP contribution in [0.25, 0.3) is 0 Å². The first-order valence-corrected chi connectivity index (χ1v) is 29.5. The predicted octanol–water partition coefficient (Wildman–Crippen LogP) is 18.4. The van der Waals surface area contributed by atoms with Gasteiger partial charge in [-0.15, -0.1) is 0 Å². The lowest BCUT2D eigenvalue weighted by molar-refractivity contribution is -0.151. The van der Waals surface area contributed by atoms with Gasteiger partial charge in [0, 0.05) is 6.42 Å². The van der Waals surface area contributed by atoms with Crippen LogP contribution in [-0.4, -0.2) is 46.9 Å². The zero-order valence-electron chi connectivity index (χ0n) is 45.2. The highest BCUT2D eigenvalue weighted by Crippen LogP contribution is 2.18. The smallest absolute Gasteiger partial charge is 0.306 e. The summed E-state index contributed by atoms with van der Waals surface area (Å²) in [6.45, 7) is 6.46. The van der Waals surface area contributed by atoms with Crippen LogP contribution in [0.5, 0.6) is 0 Å². The van der Waals surface area contributed by atoms with Gasteiger partial charge in [0.25, 0.3) is 0 Å². The van der Waals surface area contributed by atoms with Gasteiger partial charge in [-0.25, -0.2) is 0 Å². The molecule has 0 spiro atoms. The number of rotatable bonds is 53. The van der Waals surface area contributed by atoms with Crippen molar-refractivity contribution in [2.24, 2.45) is 0 Å². The molecule has 0 aliphatic carbocycles. The van der Waals surface area contributed by atoms with Crippen LogP contribution in [0, 0.1) is 0 Å². The minimum atomic E-state index is -0.803. The molecule has 0 rings (SSSR count). The van der Waals surface area contributed by atoms with Gasteiger partial charge in [0.15, 0.2) is 0 Å². The normalized spacial score (nSPS) is 13.5. The zero-order valence-corrected chi connectivity index (χ0v) is 45.2. The fraction of sp³-hybridized carbons (Fsp3) is 0.806. The van der Waals surface area contributed by atoms with Crippen molar-refractivity contribution in [2.45, 2.75) is 315 Å². The van der Waals surface area contributed by atoms with Crippen molar-refractivity contribution in [1.29, 1.82) is 0 Å². The zero-order chi connectivity index (χ0) is 49.5. The summed E-state index contributed by atoms with van der Waals surface area (Å²) in [5, 5.41) is 23.9. The third-order valence-corrected chi connectivity index (χ3v) is 13.3. The Morgan fingerprint density at radius 3 is 1.26 bits per heavy atom. The summed E-state index contributed by atoms with van der Waals surface area (Å²) in [6, 6.07) is -0.720. The summed E-state index contributed by atoms with van der Waals surface area (Å²) in [5.41, 5.74) is 0. The number of hydrogen-bond acceptors (Lipinski definition) is 5. The summed E-state index contributed by atoms with van der Waals surface area (Å²) in [6.07, 6.45) is 70.0. The molecule has 0 bridgehead atoms. The molecule has 6 heteroatoms. The Morgan fingerprint density at radius 1 is 0.441 bits per heavy atom. The molecule has 0 aliphatic rings. The molecule has 3 atom stereocenters. The van der Waals surface area contributed by atoms with E-state index in [-0.39, 0.29) is 24.9 Å². The van der Waals surface area contributed by atoms with Gasteiger partial charge in [-0.05, 0) is 89.9 Å². The molecule has 0 aromatic rings. The Hall–Kier alpha value is -2.44. The minimum Gasteiger partial charge on any atom is -0.462 e. The molecular formula is C62H113NO5. The summed E-state index contributed by atoms with van der Waals surface area (Å²) >= 11 is 0. The highest BCUT2D eigenvalue weighted by molar-refractivity contribution is 5.77. The number of carbonyl (C=O) groups excluding carboxylic acids is 2. The summed E-state index contributed by atoms with van der Waals surface area (Å²) in [5.74, 6) is -0.521. The van der Waals surface area contributed by atoms with Crippen molar-refractivity contribution in [3.8, 4) is 0 Å². The number of carbonyl (C=O) groups is 2. The fourth-order valence-corrected chi connectivity index (χ4v) is 8.84. The Labute approximate surface area is 422 Å². The molecule has 0 saturated heterocycles. The Kier molecular flexibility index (Phi) is 53.5. The van der Waals surface area contributed by atoms with Crippen LogP contribution >= 0.6 is 0 Å². The first-order chi connectivity index (χ1) is 33.5. The summed E-state index contributed by atoms with van der Waals surface area (Å²) in [7, 11) is 0. The van der Waals surface area contributed by atoms with Crippen molar-refractivity contribution in [2.75, 3.05) is 6.61 Å². The molecule has 0 saturated carbocycles. The average molecular weight is 953 g/mol. The van der Waals surface area contributed by atoms with E-state index in [1.54, 1.807) is 0 Å². The lowest BCUT2D eigenvalue weighted by Crippen LogP contribution is -2.46. The van der Waals surface area contributed by atoms with E-state index < -0.39 is 18.2 Å². The quantitative estimate of drug-likeness (QED) is 0.0244. The SMILES string of the molecule is CCCCC/C=C\C/C=C\C/C=C\CCCCC(CC(=O)NC(CO)C(O)CCCCCCCCCCCCCCCCCC)OC(=O)CCCCCCC/C=C/C=C/CCCCCCCCC. The molecule has 0 aromatic heterocycles. The van der Waals surface area contributed by atoms with Crippen molar-refractivity contribution in [3.05, 3.63) is 60.8 Å². The molecule has 0 aromatic carbocycles. The third-order valence-electron chi connectivity index (χ3n) is 13.3. The molecule has 6 nitrogen and oxygen atoms in total. The number of amides is 1. The lowest BCUT2D eigenvalue weighted by atomic mass is 10.0. The second-order valence-electron chi connectivity index (χ2n) is 20.1. The summed E-state index contributed by atoms with van der Waals surface area (Å²) in [4.78, 5) is 26.3. The Balaban J connectivity index is 4.62. The van der Waals surface area contributed by atoms with E-state index in [0.717, 1.165) is 89.9 Å². The van der Waals surface area contributed by atoms with Crippen LogP contribution in [0.1, 0.15) is 297 Å². The van der Waals surface area contributed by atoms with Gasteiger partial charge in [0.05, 0.1) is 25.2 Å². The number of esters is 1. The largest absolute Gasteiger partial charge is 0.462 e. The molecule has 0 aliphatic heterocycles. The average Bonchev–Trinajstić information content (AvgIpc) is 3.33. The Bertz CT molecular complexity index is 1210. The number of nitrogens with one attached hydrogen (secondary N) is 1. The number of hydrogen-bond donors (Lipinski definition) is 3. The van der Waals surface area contributed by atoms with Gasteiger partial charge in [-0.1, -0.05) is 255 Å². The number of aliphatic hydroxyl groups is 2. The van der Waals surface area contributed by atoms with E-state index in [2.05, 4.69) is 86.8 Å². The molecule has 3 unspecified atom stereocenters. The number of unbranched alkanes of at least 4 members (excludes halogenated alkanes) is 32. The maximum absolute atomic E-state index is 13.3. The maximum atomic E-state index is 13.3. The molecule has 3 N–H and O–H groups in total. The molecule has 68 heavy (non-hydrogen) atoms. The maximum Gasteiger partial charge on any atom is 0.306 e. The van der Waals surface area contributed by atoms with Crippen molar-refractivity contribution in [1.82, 2.24) is 5.32 Å². The first-order valence-electron chi connectivity index (χ1n) is 29.5. The lowest BCUT2D eigenvalue weighted by Gasteiger charge is -2.24. The van der Waals surface area contributed by atoms with Gasteiger partial charge in [0.1, 0.15) is 6.10 Å². The van der Waals surface area contributed by atoms with E-state index in [9.17, 15) is 19.8 Å². The minimum absolute atomic E-state index is 0.0452. The van der Waals surface area contributed by atoms with Crippen LogP contribution in [0.2, 0.25) is 0 Å². The van der Waals surface area contributed by atoms with Gasteiger partial charge in [-0.2, -0.15) is 0 Å². The standard InChI is InChI=1S/C62H113NO5/c1-4-7-10-13-16-19-22-25-28-30-31-34-37-40-43-46-49-52-55-62(67)68-58(53-50-47-44-41-38-35-32-27-24-21-18-15-12-9-6-3)56-61(66)63-59(57-64)60(65)54-51-48-45-42-39-36-33-29-26-23-20-17-14-11-8-5-2/h18,21,27-28,30-32,34,38,41,58-60,64-65H,4-17,19-20,22-26,29,33,35-37,39-40,42-57H2,1-3H3,(H,63,66)/b21-18-,30-28+,32-27-,34-31+,41-38-. The third kappa shape index (κ3) is 50.0. The van der Waals surface area contributed by atoms with E-state index in [0.29, 0.717) is 19.3 Å². The Morgan fingerprint density at radius 2 is 0.794 bits per heavy atom. The number of ether oxygens (including phenoxy) is 1. The van der Waals surface area contributed by atoms with Gasteiger partial charge in [-0.3, -0.25) is 9.59 Å². The summed E-state index contributed by atoms with van der Waals surface area (Å²) < 4.78 is 5.94. The van der Waals surface area contributed by atoms with Crippen molar-refractivity contribution >= 4 is 11.9 Å². The van der Waals surface area contributed by atoms with Gasteiger partial charge in [0.2, 0.25) is 5.91 Å². The highest BCUT2D eigenvalue weighted by atomic mass is 16.5. The van der Waals surface area contributed by atoms with Crippen LogP contribution in [0.15, 0.2) is 60.8 Å². The van der Waals surface area contributed by atoms with E-state index in [4.69, 9.17) is 4.74 Å². The van der Waals surface area contributed by atoms with Crippen molar-refractivity contribution in [3.63, 3.8) is 0 Å². The van der Waals surface area contributed by atoms with Crippen LogP contribution in [0.3, 0.4) is 0 Å². The number of allylic oxidation sites excluding steroid dienone is 10. The monoisotopic (exact) mass is 952 g/mol. The molecule has 1 amide bonds. The second kappa shape index (κ2) is 55.5. The topological polar surface area (TPSA) is 95.9 Å². The number of aliphatic hydroxyl groups excluding tert-OH is 2. The van der Waals surface area contributed by atoms with Crippen molar-refractivity contribution < 1.29 is 24.5 Å². The van der Waals surface area contributed by atoms with Gasteiger partial charge < -0.3 is 20.3 Å². The van der Waals surface area contributed by atoms with Gasteiger partial charge >= 0.3 is 5.97 Å². The van der Waals surface area contributed by atoms with E-state index >= 15 is 0 Å². The van der Waals surface area contributed by atoms with E-state index in [1.807, 2.05) is 0 Å². The van der Waals surface area contributed by atoms with E-state index in [1.165, 1.54) is 161 Å². The second-order valence-corrected chi connectivity index (χ2v) is 20.1. The molecular weight excluding hydrogens is 839 g/mol. The van der Waals surface area contributed by atoms with Crippen LogP contribution in [0.4, 0.5) is 0 Å². The first kappa shape index (κ1) is 65.6.